The maximum absolute atomic E-state index is 12.7. The molecule has 5 nitrogen and oxygen atoms in total. The third-order valence-corrected chi connectivity index (χ3v) is 5.38. The molecule has 0 radical (unpaired) electrons. The molecular formula is C25H26ClNO4. The van der Waals surface area contributed by atoms with Crippen LogP contribution in [0.5, 0.6) is 17.2 Å². The van der Waals surface area contributed by atoms with Gasteiger partial charge in [0, 0.05) is 29.5 Å². The van der Waals surface area contributed by atoms with Gasteiger partial charge in [0.1, 0.15) is 5.75 Å². The highest BCUT2D eigenvalue weighted by molar-refractivity contribution is 6.30. The summed E-state index contributed by atoms with van der Waals surface area (Å²) in [4.78, 5) is 12.7. The van der Waals surface area contributed by atoms with Crippen molar-refractivity contribution in [2.45, 2.75) is 18.8 Å². The molecule has 1 amide bonds. The third-order valence-electron chi connectivity index (χ3n) is 5.14. The number of ether oxygens (including phenoxy) is 2. The number of phenols is 1. The molecule has 31 heavy (non-hydrogen) atoms. The molecule has 0 aliphatic carbocycles. The lowest BCUT2D eigenvalue weighted by molar-refractivity contribution is -0.121. The Bertz CT molecular complexity index is 1020. The van der Waals surface area contributed by atoms with E-state index < -0.39 is 0 Å². The third kappa shape index (κ3) is 5.92. The van der Waals surface area contributed by atoms with Gasteiger partial charge in [-0.1, -0.05) is 48.0 Å². The van der Waals surface area contributed by atoms with Gasteiger partial charge in [0.15, 0.2) is 11.5 Å². The second-order valence-corrected chi connectivity index (χ2v) is 7.60. The second-order valence-electron chi connectivity index (χ2n) is 7.16. The van der Waals surface area contributed by atoms with Crippen LogP contribution in [0.1, 0.15) is 29.0 Å². The van der Waals surface area contributed by atoms with E-state index in [1.165, 1.54) is 0 Å². The first-order chi connectivity index (χ1) is 15.0. The largest absolute Gasteiger partial charge is 0.508 e. The van der Waals surface area contributed by atoms with Crippen molar-refractivity contribution in [3.8, 4) is 17.2 Å². The Morgan fingerprint density at radius 2 is 1.74 bits per heavy atom. The van der Waals surface area contributed by atoms with Gasteiger partial charge in [-0.25, -0.2) is 0 Å². The fraction of sp³-hybridized carbons (Fsp3) is 0.240. The number of hydrogen-bond donors (Lipinski definition) is 2. The SMILES string of the molecule is COc1ccc(CCNC(=O)C[C@H](c2ccccc2)c2cc(Cl)ccc2O)cc1OC. The zero-order chi connectivity index (χ0) is 22.2. The van der Waals surface area contributed by atoms with Crippen molar-refractivity contribution in [2.24, 2.45) is 0 Å². The molecule has 0 aromatic heterocycles. The van der Waals surface area contributed by atoms with Gasteiger partial charge in [-0.2, -0.15) is 0 Å². The minimum atomic E-state index is -0.305. The van der Waals surface area contributed by atoms with Gasteiger partial charge in [0.25, 0.3) is 0 Å². The molecule has 0 bridgehead atoms. The van der Waals surface area contributed by atoms with E-state index in [4.69, 9.17) is 21.1 Å². The summed E-state index contributed by atoms with van der Waals surface area (Å²) in [6, 6.07) is 20.2. The molecule has 162 valence electrons. The summed E-state index contributed by atoms with van der Waals surface area (Å²) in [5.74, 6) is 1.04. The van der Waals surface area contributed by atoms with Crippen molar-refractivity contribution in [3.63, 3.8) is 0 Å². The number of amides is 1. The first kappa shape index (κ1) is 22.5. The van der Waals surface area contributed by atoms with E-state index in [9.17, 15) is 9.90 Å². The Morgan fingerprint density at radius 3 is 2.45 bits per heavy atom. The van der Waals surface area contributed by atoms with Gasteiger partial charge in [-0.15, -0.1) is 0 Å². The fourth-order valence-corrected chi connectivity index (χ4v) is 3.72. The molecule has 3 aromatic rings. The number of methoxy groups -OCH3 is 2. The van der Waals surface area contributed by atoms with Crippen LogP contribution in [0.15, 0.2) is 66.7 Å². The van der Waals surface area contributed by atoms with Crippen molar-refractivity contribution in [1.82, 2.24) is 5.32 Å². The molecule has 0 saturated carbocycles. The highest BCUT2D eigenvalue weighted by Gasteiger charge is 2.21. The average molecular weight is 440 g/mol. The molecule has 0 spiro atoms. The molecule has 6 heteroatoms. The standard InChI is InChI=1S/C25H26ClNO4/c1-30-23-11-8-17(14-24(23)31-2)12-13-27-25(29)16-20(18-6-4-3-5-7-18)21-15-19(26)9-10-22(21)28/h3-11,14-15,20,28H,12-13,16H2,1-2H3,(H,27,29)/t20-/m1/s1. The number of nitrogens with one attached hydrogen (secondary N) is 1. The normalized spacial score (nSPS) is 11.6. The maximum atomic E-state index is 12.7. The molecular weight excluding hydrogens is 414 g/mol. The smallest absolute Gasteiger partial charge is 0.220 e. The van der Waals surface area contributed by atoms with Crippen molar-refractivity contribution in [3.05, 3.63) is 88.4 Å². The van der Waals surface area contributed by atoms with Crippen LogP contribution in [0.25, 0.3) is 0 Å². The monoisotopic (exact) mass is 439 g/mol. The predicted molar refractivity (Wildman–Crippen MR) is 122 cm³/mol. The van der Waals surface area contributed by atoms with Gasteiger partial charge in [-0.05, 0) is 47.9 Å². The number of halogens is 1. The van der Waals surface area contributed by atoms with E-state index >= 15 is 0 Å². The first-order valence-corrected chi connectivity index (χ1v) is 10.4. The Kier molecular flexibility index (Phi) is 7.79. The number of aromatic hydroxyl groups is 1. The lowest BCUT2D eigenvalue weighted by atomic mass is 9.87. The van der Waals surface area contributed by atoms with Crippen LogP contribution in [0.2, 0.25) is 5.02 Å². The van der Waals surface area contributed by atoms with Crippen LogP contribution >= 0.6 is 11.6 Å². The number of benzene rings is 3. The molecule has 3 rings (SSSR count). The molecule has 3 aromatic carbocycles. The van der Waals surface area contributed by atoms with Crippen LogP contribution in [0, 0.1) is 0 Å². The van der Waals surface area contributed by atoms with Gasteiger partial charge in [0.05, 0.1) is 14.2 Å². The molecule has 2 N–H and O–H groups in total. The fourth-order valence-electron chi connectivity index (χ4n) is 3.54. The summed E-state index contributed by atoms with van der Waals surface area (Å²) in [5.41, 5.74) is 2.61. The minimum absolute atomic E-state index is 0.103. The van der Waals surface area contributed by atoms with E-state index in [1.54, 1.807) is 32.4 Å². The Balaban J connectivity index is 1.68. The highest BCUT2D eigenvalue weighted by atomic mass is 35.5. The van der Waals surface area contributed by atoms with Crippen molar-refractivity contribution < 1.29 is 19.4 Å². The summed E-state index contributed by atoms with van der Waals surface area (Å²) >= 11 is 6.15. The van der Waals surface area contributed by atoms with Crippen molar-refractivity contribution in [2.75, 3.05) is 20.8 Å². The molecule has 1 atom stereocenters. The predicted octanol–water partition coefficient (Wildman–Crippen LogP) is 4.94. The van der Waals surface area contributed by atoms with Crippen molar-refractivity contribution >= 4 is 17.5 Å². The van der Waals surface area contributed by atoms with E-state index in [0.717, 1.165) is 11.1 Å². The van der Waals surface area contributed by atoms with Gasteiger partial charge in [-0.3, -0.25) is 4.79 Å². The molecule has 0 unspecified atom stereocenters. The summed E-state index contributed by atoms with van der Waals surface area (Å²) < 4.78 is 10.6. The number of rotatable bonds is 9. The van der Waals surface area contributed by atoms with Crippen LogP contribution < -0.4 is 14.8 Å². The zero-order valence-corrected chi connectivity index (χ0v) is 18.4. The Labute approximate surface area is 187 Å². The van der Waals surface area contributed by atoms with E-state index in [-0.39, 0.29) is 24.0 Å². The number of carbonyl (C=O) groups is 1. The van der Waals surface area contributed by atoms with E-state index in [1.807, 2.05) is 48.5 Å². The Hall–Kier alpha value is -3.18. The molecule has 0 aliphatic rings. The van der Waals surface area contributed by atoms with Crippen LogP contribution in [-0.4, -0.2) is 31.8 Å². The second kappa shape index (κ2) is 10.7. The summed E-state index contributed by atoms with van der Waals surface area (Å²) in [6.07, 6.45) is 0.856. The van der Waals surface area contributed by atoms with Crippen LogP contribution in [0.3, 0.4) is 0 Å². The molecule has 0 aliphatic heterocycles. The summed E-state index contributed by atoms with van der Waals surface area (Å²) in [7, 11) is 3.19. The van der Waals surface area contributed by atoms with Gasteiger partial charge in [0.2, 0.25) is 5.91 Å². The van der Waals surface area contributed by atoms with Crippen molar-refractivity contribution in [1.29, 1.82) is 0 Å². The number of carbonyl (C=O) groups excluding carboxylic acids is 1. The molecule has 0 saturated heterocycles. The topological polar surface area (TPSA) is 67.8 Å². The van der Waals surface area contributed by atoms with E-state index in [2.05, 4.69) is 5.32 Å². The quantitative estimate of drug-likeness (QED) is 0.495. The zero-order valence-electron chi connectivity index (χ0n) is 17.6. The van der Waals surface area contributed by atoms with Crippen LogP contribution in [0.4, 0.5) is 0 Å². The first-order valence-electron chi connectivity index (χ1n) is 10.0. The molecule has 0 fully saturated rings. The number of hydrogen-bond acceptors (Lipinski definition) is 4. The highest BCUT2D eigenvalue weighted by Crippen LogP contribution is 2.35. The van der Waals surface area contributed by atoms with E-state index in [0.29, 0.717) is 35.1 Å². The summed E-state index contributed by atoms with van der Waals surface area (Å²) in [5, 5.41) is 13.9. The summed E-state index contributed by atoms with van der Waals surface area (Å²) in [6.45, 7) is 0.483. The Morgan fingerprint density at radius 1 is 1.00 bits per heavy atom. The lowest BCUT2D eigenvalue weighted by Crippen LogP contribution is -2.27. The number of phenolic OH excluding ortho intramolecular Hbond substituents is 1. The molecule has 0 heterocycles. The van der Waals surface area contributed by atoms with Gasteiger partial charge >= 0.3 is 0 Å². The average Bonchev–Trinajstić information content (AvgIpc) is 2.79. The lowest BCUT2D eigenvalue weighted by Gasteiger charge is -2.19. The van der Waals surface area contributed by atoms with Crippen LogP contribution in [-0.2, 0) is 11.2 Å². The maximum Gasteiger partial charge on any atom is 0.220 e. The minimum Gasteiger partial charge on any atom is -0.508 e. The van der Waals surface area contributed by atoms with Gasteiger partial charge < -0.3 is 19.9 Å².